The van der Waals surface area contributed by atoms with Gasteiger partial charge in [0.1, 0.15) is 0 Å². The third-order valence-corrected chi connectivity index (χ3v) is 4.95. The van der Waals surface area contributed by atoms with Gasteiger partial charge in [-0.1, -0.05) is 18.2 Å². The van der Waals surface area contributed by atoms with Crippen molar-refractivity contribution in [3.8, 4) is 0 Å². The largest absolute Gasteiger partial charge is 0.353 e. The number of nitrogens with one attached hydrogen (secondary N) is 2. The van der Waals surface area contributed by atoms with E-state index in [9.17, 15) is 4.79 Å². The molecule has 4 nitrogen and oxygen atoms in total. The van der Waals surface area contributed by atoms with Gasteiger partial charge in [0.15, 0.2) is 5.11 Å². The van der Waals surface area contributed by atoms with E-state index >= 15 is 0 Å². The van der Waals surface area contributed by atoms with E-state index in [2.05, 4.69) is 15.5 Å². The molecule has 0 spiro atoms. The minimum absolute atomic E-state index is 0.0708. The first-order valence-corrected chi connectivity index (χ1v) is 8.46. The zero-order valence-corrected chi connectivity index (χ0v) is 13.7. The van der Waals surface area contributed by atoms with Crippen LogP contribution in [0.2, 0.25) is 0 Å². The van der Waals surface area contributed by atoms with Gasteiger partial charge in [0.05, 0.1) is 0 Å². The van der Waals surface area contributed by atoms with Crippen LogP contribution >= 0.6 is 12.2 Å². The quantitative estimate of drug-likeness (QED) is 0.823. The Morgan fingerprint density at radius 2 is 1.82 bits per heavy atom. The Bertz CT molecular complexity index is 534. The van der Waals surface area contributed by atoms with Crippen molar-refractivity contribution in [1.29, 1.82) is 0 Å². The van der Waals surface area contributed by atoms with E-state index in [1.165, 1.54) is 6.42 Å². The molecule has 2 bridgehead atoms. The second kappa shape index (κ2) is 6.65. The normalized spacial score (nSPS) is 27.1. The van der Waals surface area contributed by atoms with Crippen molar-refractivity contribution in [3.05, 3.63) is 30.3 Å². The lowest BCUT2D eigenvalue weighted by molar-refractivity contribution is -0.120. The molecule has 0 aromatic heterocycles. The number of fused-ring (bicyclic) bond motifs is 2. The van der Waals surface area contributed by atoms with Gasteiger partial charge in [-0.05, 0) is 56.5 Å². The van der Waals surface area contributed by atoms with Gasteiger partial charge in [0.2, 0.25) is 5.91 Å². The molecule has 2 aliphatic rings. The molecule has 2 aliphatic heterocycles. The number of benzene rings is 1. The fourth-order valence-corrected chi connectivity index (χ4v) is 4.24. The highest BCUT2D eigenvalue weighted by Crippen LogP contribution is 2.34. The van der Waals surface area contributed by atoms with Crippen LogP contribution in [0.4, 0.5) is 5.69 Å². The molecule has 2 N–H and O–H groups in total. The molecular weight excluding hydrogens is 294 g/mol. The van der Waals surface area contributed by atoms with E-state index in [0.717, 1.165) is 36.5 Å². The number of nitrogens with zero attached hydrogens (tertiary/aromatic N) is 1. The summed E-state index contributed by atoms with van der Waals surface area (Å²) in [4.78, 5) is 13.7. The van der Waals surface area contributed by atoms with Crippen molar-refractivity contribution in [3.63, 3.8) is 0 Å². The summed E-state index contributed by atoms with van der Waals surface area (Å²) in [5.41, 5.74) is 1.04. The average molecular weight is 317 g/mol. The zero-order chi connectivity index (χ0) is 15.5. The molecule has 0 unspecified atom stereocenters. The summed E-state index contributed by atoms with van der Waals surface area (Å²) in [7, 11) is 0. The Balaban J connectivity index is 1.68. The average Bonchev–Trinajstić information content (AvgIpc) is 2.46. The van der Waals surface area contributed by atoms with Crippen LogP contribution in [-0.4, -0.2) is 34.0 Å². The first-order chi connectivity index (χ1) is 10.6. The minimum Gasteiger partial charge on any atom is -0.353 e. The summed E-state index contributed by atoms with van der Waals surface area (Å²) in [6.07, 6.45) is 5.55. The molecule has 0 saturated carbocycles. The molecule has 3 rings (SSSR count). The van der Waals surface area contributed by atoms with Crippen LogP contribution < -0.4 is 10.6 Å². The molecule has 1 aromatic rings. The molecule has 1 aromatic carbocycles. The molecule has 2 saturated heterocycles. The van der Waals surface area contributed by atoms with Gasteiger partial charge in [-0.2, -0.15) is 0 Å². The molecule has 5 heteroatoms. The summed E-state index contributed by atoms with van der Waals surface area (Å²) in [6, 6.07) is 11.3. The summed E-state index contributed by atoms with van der Waals surface area (Å²) in [5.74, 6) is 0.0708. The summed E-state index contributed by atoms with van der Waals surface area (Å²) < 4.78 is 0. The van der Waals surface area contributed by atoms with Crippen molar-refractivity contribution >= 4 is 28.9 Å². The summed E-state index contributed by atoms with van der Waals surface area (Å²) in [6.45, 7) is 1.60. The number of piperidine rings is 2. The van der Waals surface area contributed by atoms with Crippen molar-refractivity contribution in [2.45, 2.75) is 57.2 Å². The molecule has 1 amide bonds. The first-order valence-electron chi connectivity index (χ1n) is 8.05. The van der Waals surface area contributed by atoms with Gasteiger partial charge >= 0.3 is 0 Å². The topological polar surface area (TPSA) is 44.4 Å². The van der Waals surface area contributed by atoms with E-state index in [1.54, 1.807) is 6.92 Å². The van der Waals surface area contributed by atoms with E-state index in [0.29, 0.717) is 18.1 Å². The fourth-order valence-electron chi connectivity index (χ4n) is 3.83. The highest BCUT2D eigenvalue weighted by atomic mass is 32.1. The Hall–Kier alpha value is -1.62. The molecule has 2 heterocycles. The van der Waals surface area contributed by atoms with E-state index in [-0.39, 0.29) is 5.91 Å². The number of hydrogen-bond donors (Lipinski definition) is 2. The van der Waals surface area contributed by atoms with Crippen LogP contribution in [0.15, 0.2) is 30.3 Å². The molecule has 2 fully saturated rings. The molecule has 0 radical (unpaired) electrons. The lowest BCUT2D eigenvalue weighted by Gasteiger charge is -2.50. The summed E-state index contributed by atoms with van der Waals surface area (Å²) >= 11 is 5.66. The maximum absolute atomic E-state index is 11.3. The first kappa shape index (κ1) is 15.3. The minimum atomic E-state index is 0.0708. The van der Waals surface area contributed by atoms with Crippen LogP contribution in [-0.2, 0) is 4.79 Å². The standard InChI is InChI=1S/C17H23N3OS/c1-12(21)18-14-10-15-8-5-9-16(11-14)20(15)17(22)19-13-6-3-2-4-7-13/h2-4,6-7,14-16H,5,8-11H2,1H3,(H,18,21)(H,19,22)/t15-,16-/m0/s1. The lowest BCUT2D eigenvalue weighted by atomic mass is 9.82. The highest BCUT2D eigenvalue weighted by molar-refractivity contribution is 7.80. The number of carbonyl (C=O) groups excluding carboxylic acids is 1. The second-order valence-electron chi connectivity index (χ2n) is 6.31. The predicted octanol–water partition coefficient (Wildman–Crippen LogP) is 2.91. The Kier molecular flexibility index (Phi) is 4.62. The lowest BCUT2D eigenvalue weighted by Crippen LogP contribution is -2.59. The molecule has 2 atom stereocenters. The van der Waals surface area contributed by atoms with Crippen molar-refractivity contribution < 1.29 is 4.79 Å². The van der Waals surface area contributed by atoms with Gasteiger partial charge in [-0.3, -0.25) is 4.79 Å². The third-order valence-electron chi connectivity index (χ3n) is 4.64. The monoisotopic (exact) mass is 317 g/mol. The SMILES string of the molecule is CC(=O)NC1C[C@@H]2CCC[C@@H](C1)N2C(=S)Nc1ccccc1. The number of carbonyl (C=O) groups is 1. The van der Waals surface area contributed by atoms with Crippen molar-refractivity contribution in [2.24, 2.45) is 0 Å². The second-order valence-corrected chi connectivity index (χ2v) is 6.70. The maximum atomic E-state index is 11.3. The molecule has 0 aliphatic carbocycles. The van der Waals surface area contributed by atoms with E-state index < -0.39 is 0 Å². The Morgan fingerprint density at radius 3 is 2.41 bits per heavy atom. The number of hydrogen-bond acceptors (Lipinski definition) is 2. The Labute approximate surface area is 137 Å². The van der Waals surface area contributed by atoms with Gasteiger partial charge in [0.25, 0.3) is 0 Å². The van der Waals surface area contributed by atoms with Gasteiger partial charge < -0.3 is 15.5 Å². The van der Waals surface area contributed by atoms with Crippen LogP contribution in [0.3, 0.4) is 0 Å². The van der Waals surface area contributed by atoms with Gasteiger partial charge in [-0.25, -0.2) is 0 Å². The van der Waals surface area contributed by atoms with Crippen molar-refractivity contribution in [1.82, 2.24) is 10.2 Å². The smallest absolute Gasteiger partial charge is 0.217 e. The van der Waals surface area contributed by atoms with Gasteiger partial charge in [0, 0.05) is 30.7 Å². The summed E-state index contributed by atoms with van der Waals surface area (Å²) in [5, 5.41) is 7.28. The van der Waals surface area contributed by atoms with E-state index in [1.807, 2.05) is 30.3 Å². The fraction of sp³-hybridized carbons (Fsp3) is 0.529. The molecule has 22 heavy (non-hydrogen) atoms. The van der Waals surface area contributed by atoms with Crippen LogP contribution in [0.1, 0.15) is 39.0 Å². The number of rotatable bonds is 2. The van der Waals surface area contributed by atoms with Crippen LogP contribution in [0, 0.1) is 0 Å². The van der Waals surface area contributed by atoms with Gasteiger partial charge in [-0.15, -0.1) is 0 Å². The number of thiocarbonyl (C=S) groups is 1. The van der Waals surface area contributed by atoms with Crippen LogP contribution in [0.5, 0.6) is 0 Å². The molecule has 118 valence electrons. The third kappa shape index (κ3) is 3.40. The maximum Gasteiger partial charge on any atom is 0.217 e. The molecular formula is C17H23N3OS. The number of para-hydroxylation sites is 1. The predicted molar refractivity (Wildman–Crippen MR) is 92.8 cm³/mol. The zero-order valence-electron chi connectivity index (χ0n) is 12.9. The number of amides is 1. The highest BCUT2D eigenvalue weighted by Gasteiger charge is 2.39. The van der Waals surface area contributed by atoms with Crippen molar-refractivity contribution in [2.75, 3.05) is 5.32 Å². The van der Waals surface area contributed by atoms with Crippen LogP contribution in [0.25, 0.3) is 0 Å². The Morgan fingerprint density at radius 1 is 1.18 bits per heavy atom. The van der Waals surface area contributed by atoms with E-state index in [4.69, 9.17) is 12.2 Å². The number of anilines is 1.